The standard InChI is InChI=1S/C18H20BrN3/c1-11-6-14(19)7-12(2)18(11)22-15-4-5-16-13(9-20-3)10-21-17(16)8-15/h4-8,10,20-22H,9H2,1-3H3. The van der Waals surface area contributed by atoms with E-state index >= 15 is 0 Å². The number of hydrogen-bond acceptors (Lipinski definition) is 2. The van der Waals surface area contributed by atoms with Gasteiger partial charge in [0.25, 0.3) is 0 Å². The molecule has 0 fully saturated rings. The Balaban J connectivity index is 1.95. The summed E-state index contributed by atoms with van der Waals surface area (Å²) in [5, 5.41) is 8.01. The second kappa shape index (κ2) is 6.15. The SMILES string of the molecule is CNCc1c[nH]c2cc(Nc3c(C)cc(Br)cc3C)ccc12. The maximum absolute atomic E-state index is 3.54. The predicted octanol–water partition coefficient (Wildman–Crippen LogP) is 5.01. The van der Waals surface area contributed by atoms with Crippen LogP contribution in [-0.2, 0) is 6.54 Å². The molecule has 4 heteroatoms. The molecule has 0 amide bonds. The van der Waals surface area contributed by atoms with Crippen LogP contribution in [0.5, 0.6) is 0 Å². The van der Waals surface area contributed by atoms with Gasteiger partial charge in [0.1, 0.15) is 0 Å². The van der Waals surface area contributed by atoms with Gasteiger partial charge in [0.15, 0.2) is 0 Å². The summed E-state index contributed by atoms with van der Waals surface area (Å²) in [6, 6.07) is 10.7. The molecule has 3 N–H and O–H groups in total. The quantitative estimate of drug-likeness (QED) is 0.614. The first-order valence-electron chi connectivity index (χ1n) is 7.37. The van der Waals surface area contributed by atoms with Crippen LogP contribution in [0, 0.1) is 13.8 Å². The van der Waals surface area contributed by atoms with Crippen molar-refractivity contribution in [2.75, 3.05) is 12.4 Å². The Morgan fingerprint density at radius 1 is 1.09 bits per heavy atom. The fourth-order valence-electron chi connectivity index (χ4n) is 2.85. The highest BCUT2D eigenvalue weighted by Gasteiger charge is 2.07. The van der Waals surface area contributed by atoms with Gasteiger partial charge < -0.3 is 15.6 Å². The van der Waals surface area contributed by atoms with Crippen LogP contribution >= 0.6 is 15.9 Å². The molecule has 3 rings (SSSR count). The molecule has 3 aromatic rings. The van der Waals surface area contributed by atoms with Gasteiger partial charge in [0.05, 0.1) is 0 Å². The van der Waals surface area contributed by atoms with Gasteiger partial charge >= 0.3 is 0 Å². The van der Waals surface area contributed by atoms with E-state index < -0.39 is 0 Å². The molecule has 2 aromatic carbocycles. The molecule has 0 aliphatic rings. The Hall–Kier alpha value is -1.78. The number of anilines is 2. The van der Waals surface area contributed by atoms with E-state index in [2.05, 4.69) is 81.9 Å². The summed E-state index contributed by atoms with van der Waals surface area (Å²) in [6.07, 6.45) is 2.07. The fourth-order valence-corrected chi connectivity index (χ4v) is 3.54. The minimum Gasteiger partial charge on any atom is -0.361 e. The number of aryl methyl sites for hydroxylation is 2. The molecule has 1 aromatic heterocycles. The van der Waals surface area contributed by atoms with E-state index in [1.807, 2.05) is 7.05 Å². The number of benzene rings is 2. The maximum atomic E-state index is 3.54. The highest BCUT2D eigenvalue weighted by molar-refractivity contribution is 9.10. The van der Waals surface area contributed by atoms with Crippen LogP contribution in [-0.4, -0.2) is 12.0 Å². The van der Waals surface area contributed by atoms with Crippen LogP contribution in [0.25, 0.3) is 10.9 Å². The van der Waals surface area contributed by atoms with Crippen molar-refractivity contribution in [2.45, 2.75) is 20.4 Å². The van der Waals surface area contributed by atoms with Crippen molar-refractivity contribution in [2.24, 2.45) is 0 Å². The Morgan fingerprint density at radius 2 is 1.82 bits per heavy atom. The van der Waals surface area contributed by atoms with Crippen LogP contribution < -0.4 is 10.6 Å². The van der Waals surface area contributed by atoms with Gasteiger partial charge in [-0.2, -0.15) is 0 Å². The summed E-state index contributed by atoms with van der Waals surface area (Å²) in [4.78, 5) is 3.35. The highest BCUT2D eigenvalue weighted by Crippen LogP contribution is 2.30. The van der Waals surface area contributed by atoms with Crippen molar-refractivity contribution in [3.05, 3.63) is 57.7 Å². The molecular weight excluding hydrogens is 338 g/mol. The third-order valence-electron chi connectivity index (χ3n) is 3.90. The lowest BCUT2D eigenvalue weighted by Crippen LogP contribution is -2.03. The van der Waals surface area contributed by atoms with E-state index in [4.69, 9.17) is 0 Å². The largest absolute Gasteiger partial charge is 0.361 e. The van der Waals surface area contributed by atoms with Gasteiger partial charge in [-0.15, -0.1) is 0 Å². The summed E-state index contributed by atoms with van der Waals surface area (Å²) >= 11 is 3.54. The van der Waals surface area contributed by atoms with Crippen LogP contribution in [0.4, 0.5) is 11.4 Å². The molecule has 1 heterocycles. The van der Waals surface area contributed by atoms with Crippen LogP contribution in [0.1, 0.15) is 16.7 Å². The number of rotatable bonds is 4. The summed E-state index contributed by atoms with van der Waals surface area (Å²) in [5.74, 6) is 0. The Bertz CT molecular complexity index is 797. The molecule has 0 aliphatic heterocycles. The number of H-pyrrole nitrogens is 1. The average molecular weight is 358 g/mol. The third kappa shape index (κ3) is 2.89. The molecule has 0 bridgehead atoms. The van der Waals surface area contributed by atoms with Gasteiger partial charge in [-0.05, 0) is 61.9 Å². The summed E-state index contributed by atoms with van der Waals surface area (Å²) in [7, 11) is 1.97. The number of fused-ring (bicyclic) bond motifs is 1. The molecular formula is C18H20BrN3. The highest BCUT2D eigenvalue weighted by atomic mass is 79.9. The summed E-state index contributed by atoms with van der Waals surface area (Å²) in [6.45, 7) is 5.12. The van der Waals surface area contributed by atoms with Crippen LogP contribution in [0.3, 0.4) is 0 Å². The molecule has 0 saturated heterocycles. The molecule has 114 valence electrons. The smallest absolute Gasteiger partial charge is 0.0478 e. The lowest BCUT2D eigenvalue weighted by atomic mass is 10.1. The minimum absolute atomic E-state index is 0.873. The zero-order chi connectivity index (χ0) is 15.7. The second-order valence-corrected chi connectivity index (χ2v) is 6.56. The Kier molecular flexibility index (Phi) is 4.23. The number of aromatic nitrogens is 1. The van der Waals surface area contributed by atoms with Gasteiger partial charge in [-0.1, -0.05) is 22.0 Å². The topological polar surface area (TPSA) is 39.9 Å². The van der Waals surface area contributed by atoms with Crippen molar-refractivity contribution < 1.29 is 0 Å². The average Bonchev–Trinajstić information content (AvgIpc) is 2.86. The van der Waals surface area contributed by atoms with Crippen molar-refractivity contribution in [3.63, 3.8) is 0 Å². The van der Waals surface area contributed by atoms with Gasteiger partial charge in [0.2, 0.25) is 0 Å². The molecule has 0 radical (unpaired) electrons. The lowest BCUT2D eigenvalue weighted by Gasteiger charge is -2.13. The van der Waals surface area contributed by atoms with Crippen LogP contribution in [0.2, 0.25) is 0 Å². The molecule has 0 saturated carbocycles. The normalized spacial score (nSPS) is 11.1. The van der Waals surface area contributed by atoms with Crippen molar-refractivity contribution in [3.8, 4) is 0 Å². The van der Waals surface area contributed by atoms with E-state index in [-0.39, 0.29) is 0 Å². The Morgan fingerprint density at radius 3 is 2.50 bits per heavy atom. The lowest BCUT2D eigenvalue weighted by molar-refractivity contribution is 0.823. The minimum atomic E-state index is 0.873. The molecule has 0 unspecified atom stereocenters. The van der Waals surface area contributed by atoms with Gasteiger partial charge in [-0.25, -0.2) is 0 Å². The van der Waals surface area contributed by atoms with Gasteiger partial charge in [0, 0.05) is 39.5 Å². The van der Waals surface area contributed by atoms with Crippen molar-refractivity contribution >= 4 is 38.2 Å². The third-order valence-corrected chi connectivity index (χ3v) is 4.36. The van der Waals surface area contributed by atoms with Gasteiger partial charge in [-0.3, -0.25) is 0 Å². The Labute approximate surface area is 139 Å². The summed E-state index contributed by atoms with van der Waals surface area (Å²) < 4.78 is 1.12. The first kappa shape index (κ1) is 15.1. The van der Waals surface area contributed by atoms with Crippen molar-refractivity contribution in [1.82, 2.24) is 10.3 Å². The second-order valence-electron chi connectivity index (χ2n) is 5.64. The zero-order valence-electron chi connectivity index (χ0n) is 13.0. The van der Waals surface area contributed by atoms with E-state index in [0.717, 1.165) is 22.2 Å². The van der Waals surface area contributed by atoms with Crippen LogP contribution in [0.15, 0.2) is 41.0 Å². The number of hydrogen-bond donors (Lipinski definition) is 3. The first-order valence-corrected chi connectivity index (χ1v) is 8.16. The fraction of sp³-hybridized carbons (Fsp3) is 0.222. The molecule has 0 aliphatic carbocycles. The van der Waals surface area contributed by atoms with Crippen molar-refractivity contribution in [1.29, 1.82) is 0 Å². The summed E-state index contributed by atoms with van der Waals surface area (Å²) in [5.41, 5.74) is 7.18. The molecule has 0 atom stereocenters. The van der Waals surface area contributed by atoms with E-state index in [9.17, 15) is 0 Å². The van der Waals surface area contributed by atoms with E-state index in [0.29, 0.717) is 0 Å². The first-order chi connectivity index (χ1) is 10.6. The number of nitrogens with one attached hydrogen (secondary N) is 3. The zero-order valence-corrected chi connectivity index (χ0v) is 14.6. The number of aromatic amines is 1. The monoisotopic (exact) mass is 357 g/mol. The maximum Gasteiger partial charge on any atom is 0.0478 e. The molecule has 0 spiro atoms. The molecule has 22 heavy (non-hydrogen) atoms. The molecule has 3 nitrogen and oxygen atoms in total. The van der Waals surface area contributed by atoms with E-state index in [1.54, 1.807) is 0 Å². The predicted molar refractivity (Wildman–Crippen MR) is 98.0 cm³/mol. The van der Waals surface area contributed by atoms with E-state index in [1.165, 1.54) is 27.8 Å². The number of halogens is 1.